The quantitative estimate of drug-likeness (QED) is 0.562. The SMILES string of the molecule is O=C(NNC(=O)c1ccc(O)cc1)Nc1ccc(Br)cc1C(F)(F)F. The lowest BCUT2D eigenvalue weighted by molar-refractivity contribution is -0.137. The molecule has 0 aliphatic carbocycles. The van der Waals surface area contributed by atoms with Crippen LogP contribution in [0.5, 0.6) is 5.75 Å². The van der Waals surface area contributed by atoms with E-state index in [0.717, 1.165) is 12.1 Å². The number of nitrogens with one attached hydrogen (secondary N) is 3. The van der Waals surface area contributed by atoms with E-state index in [2.05, 4.69) is 15.9 Å². The lowest BCUT2D eigenvalue weighted by atomic mass is 10.1. The highest BCUT2D eigenvalue weighted by molar-refractivity contribution is 9.10. The number of urea groups is 1. The van der Waals surface area contributed by atoms with Gasteiger partial charge in [0.15, 0.2) is 0 Å². The topological polar surface area (TPSA) is 90.5 Å². The number of benzene rings is 2. The Bertz CT molecular complexity index is 795. The molecule has 3 amide bonds. The second kappa shape index (κ2) is 7.43. The molecule has 6 nitrogen and oxygen atoms in total. The Hall–Kier alpha value is -2.75. The Labute approximate surface area is 148 Å². The zero-order valence-corrected chi connectivity index (χ0v) is 13.9. The molecule has 132 valence electrons. The average Bonchev–Trinajstić information content (AvgIpc) is 2.54. The fraction of sp³-hybridized carbons (Fsp3) is 0.0667. The van der Waals surface area contributed by atoms with Crippen LogP contribution in [0.25, 0.3) is 0 Å². The molecule has 4 N–H and O–H groups in total. The van der Waals surface area contributed by atoms with Gasteiger partial charge in [0.05, 0.1) is 11.3 Å². The Kier molecular flexibility index (Phi) is 5.52. The minimum absolute atomic E-state index is 0.0443. The highest BCUT2D eigenvalue weighted by atomic mass is 79.9. The number of carbonyl (C=O) groups is 2. The van der Waals surface area contributed by atoms with Gasteiger partial charge < -0.3 is 10.4 Å². The van der Waals surface area contributed by atoms with Crippen molar-refractivity contribution in [2.45, 2.75) is 6.18 Å². The van der Waals surface area contributed by atoms with Crippen molar-refractivity contribution in [3.05, 3.63) is 58.1 Å². The van der Waals surface area contributed by atoms with Crippen LogP contribution >= 0.6 is 15.9 Å². The molecule has 0 aliphatic rings. The van der Waals surface area contributed by atoms with E-state index in [4.69, 9.17) is 5.11 Å². The van der Waals surface area contributed by atoms with E-state index >= 15 is 0 Å². The lowest BCUT2D eigenvalue weighted by Crippen LogP contribution is -2.44. The van der Waals surface area contributed by atoms with E-state index in [1.165, 1.54) is 30.3 Å². The highest BCUT2D eigenvalue weighted by Crippen LogP contribution is 2.36. The smallest absolute Gasteiger partial charge is 0.418 e. The fourth-order valence-corrected chi connectivity index (χ4v) is 2.17. The number of hydrazine groups is 1. The molecule has 0 heterocycles. The molecule has 0 unspecified atom stereocenters. The van der Waals surface area contributed by atoms with E-state index < -0.39 is 29.4 Å². The van der Waals surface area contributed by atoms with Crippen LogP contribution in [0.4, 0.5) is 23.7 Å². The first-order valence-corrected chi connectivity index (χ1v) is 7.49. The molecule has 0 aromatic heterocycles. The summed E-state index contributed by atoms with van der Waals surface area (Å²) in [5, 5.41) is 11.1. The summed E-state index contributed by atoms with van der Waals surface area (Å²) in [7, 11) is 0. The van der Waals surface area contributed by atoms with Gasteiger partial charge >= 0.3 is 12.2 Å². The van der Waals surface area contributed by atoms with Crippen molar-refractivity contribution in [3.63, 3.8) is 0 Å². The minimum atomic E-state index is -4.66. The largest absolute Gasteiger partial charge is 0.508 e. The maximum absolute atomic E-state index is 13.0. The normalized spacial score (nSPS) is 10.9. The van der Waals surface area contributed by atoms with Crippen LogP contribution in [0, 0.1) is 0 Å². The van der Waals surface area contributed by atoms with Gasteiger partial charge in [0, 0.05) is 10.0 Å². The van der Waals surface area contributed by atoms with Gasteiger partial charge in [0.1, 0.15) is 5.75 Å². The van der Waals surface area contributed by atoms with E-state index in [-0.39, 0.29) is 15.8 Å². The fourth-order valence-electron chi connectivity index (χ4n) is 1.81. The molecule has 0 bridgehead atoms. The number of carbonyl (C=O) groups excluding carboxylic acids is 2. The van der Waals surface area contributed by atoms with Crippen molar-refractivity contribution >= 4 is 33.6 Å². The van der Waals surface area contributed by atoms with Gasteiger partial charge in [0.25, 0.3) is 5.91 Å². The van der Waals surface area contributed by atoms with Gasteiger partial charge in [-0.15, -0.1) is 0 Å². The number of phenolic OH excluding ortho intramolecular Hbond substituents is 1. The first-order chi connectivity index (χ1) is 11.7. The number of alkyl halides is 3. The summed E-state index contributed by atoms with van der Waals surface area (Å²) >= 11 is 2.93. The third-order valence-electron chi connectivity index (χ3n) is 2.95. The van der Waals surface area contributed by atoms with Gasteiger partial charge in [0.2, 0.25) is 0 Å². The molecule has 0 aliphatic heterocycles. The molecule has 0 saturated carbocycles. The third-order valence-corrected chi connectivity index (χ3v) is 3.45. The van der Waals surface area contributed by atoms with Crippen LogP contribution in [0.2, 0.25) is 0 Å². The summed E-state index contributed by atoms with van der Waals surface area (Å²) in [6.07, 6.45) is -4.66. The maximum Gasteiger partial charge on any atom is 0.418 e. The lowest BCUT2D eigenvalue weighted by Gasteiger charge is -2.15. The number of aromatic hydroxyl groups is 1. The molecule has 2 rings (SSSR count). The van der Waals surface area contributed by atoms with Gasteiger partial charge in [-0.3, -0.25) is 10.2 Å². The predicted octanol–water partition coefficient (Wildman–Crippen LogP) is 3.64. The Balaban J connectivity index is 2.01. The number of hydrogen-bond donors (Lipinski definition) is 4. The van der Waals surface area contributed by atoms with Crippen molar-refractivity contribution in [1.29, 1.82) is 0 Å². The van der Waals surface area contributed by atoms with E-state index in [9.17, 15) is 22.8 Å². The van der Waals surface area contributed by atoms with Crippen LogP contribution in [0.1, 0.15) is 15.9 Å². The molecule has 0 saturated heterocycles. The zero-order valence-electron chi connectivity index (χ0n) is 12.3. The number of hydrogen-bond acceptors (Lipinski definition) is 3. The van der Waals surface area contributed by atoms with Crippen LogP contribution in [0.3, 0.4) is 0 Å². The zero-order chi connectivity index (χ0) is 18.6. The summed E-state index contributed by atoms with van der Waals surface area (Å²) in [5.74, 6) is -0.751. The van der Waals surface area contributed by atoms with E-state index in [0.29, 0.717) is 0 Å². The first kappa shape index (κ1) is 18.6. The molecule has 0 atom stereocenters. The van der Waals surface area contributed by atoms with Crippen molar-refractivity contribution in [3.8, 4) is 5.75 Å². The maximum atomic E-state index is 13.0. The third kappa shape index (κ3) is 5.11. The van der Waals surface area contributed by atoms with E-state index in [1.54, 1.807) is 0 Å². The number of rotatable bonds is 2. The van der Waals surface area contributed by atoms with Crippen molar-refractivity contribution in [2.24, 2.45) is 0 Å². The van der Waals surface area contributed by atoms with E-state index in [1.807, 2.05) is 16.2 Å². The monoisotopic (exact) mass is 417 g/mol. The second-order valence-electron chi connectivity index (χ2n) is 4.77. The first-order valence-electron chi connectivity index (χ1n) is 6.70. The summed E-state index contributed by atoms with van der Waals surface area (Å²) < 4.78 is 39.1. The average molecular weight is 418 g/mol. The number of halogens is 4. The summed E-state index contributed by atoms with van der Waals surface area (Å²) in [6.45, 7) is 0. The minimum Gasteiger partial charge on any atom is -0.508 e. The van der Waals surface area contributed by atoms with Crippen LogP contribution < -0.4 is 16.2 Å². The van der Waals surface area contributed by atoms with Gasteiger partial charge in [-0.25, -0.2) is 10.2 Å². The molecule has 10 heteroatoms. The Morgan fingerprint density at radius 1 is 1.00 bits per heavy atom. The molecule has 2 aromatic carbocycles. The van der Waals surface area contributed by atoms with Crippen molar-refractivity contribution in [2.75, 3.05) is 5.32 Å². The molecule has 2 aromatic rings. The van der Waals surface area contributed by atoms with Crippen molar-refractivity contribution < 1.29 is 27.9 Å². The van der Waals surface area contributed by atoms with Crippen LogP contribution in [-0.4, -0.2) is 17.0 Å². The number of phenols is 1. The molecule has 0 radical (unpaired) electrons. The predicted molar refractivity (Wildman–Crippen MR) is 86.9 cm³/mol. The summed E-state index contributed by atoms with van der Waals surface area (Å²) in [5.41, 5.74) is 2.61. The summed E-state index contributed by atoms with van der Waals surface area (Å²) in [4.78, 5) is 23.5. The standard InChI is InChI=1S/C15H11BrF3N3O3/c16-9-3-6-12(11(7-9)15(17,18)19)20-14(25)22-21-13(24)8-1-4-10(23)5-2-8/h1-7,23H,(H,21,24)(H2,20,22,25). The number of anilines is 1. The molecule has 0 fully saturated rings. The molecule has 25 heavy (non-hydrogen) atoms. The van der Waals surface area contributed by atoms with Gasteiger partial charge in [-0.1, -0.05) is 15.9 Å². The van der Waals surface area contributed by atoms with Crippen LogP contribution in [-0.2, 0) is 6.18 Å². The highest BCUT2D eigenvalue weighted by Gasteiger charge is 2.34. The molecule has 0 spiro atoms. The summed E-state index contributed by atoms with van der Waals surface area (Å²) in [6, 6.07) is 7.33. The number of amides is 3. The van der Waals surface area contributed by atoms with Crippen LogP contribution in [0.15, 0.2) is 46.9 Å². The Morgan fingerprint density at radius 3 is 2.24 bits per heavy atom. The van der Waals surface area contributed by atoms with Gasteiger partial charge in [-0.05, 0) is 42.5 Å². The van der Waals surface area contributed by atoms with Gasteiger partial charge in [-0.2, -0.15) is 13.2 Å². The molecular formula is C15H11BrF3N3O3. The second-order valence-corrected chi connectivity index (χ2v) is 5.68. The van der Waals surface area contributed by atoms with Crippen molar-refractivity contribution in [1.82, 2.24) is 10.9 Å². The molecular weight excluding hydrogens is 407 g/mol. The Morgan fingerprint density at radius 2 is 1.64 bits per heavy atom.